The second-order valence-corrected chi connectivity index (χ2v) is 6.60. The monoisotopic (exact) mass is 387 g/mol. The summed E-state index contributed by atoms with van der Waals surface area (Å²) in [5.74, 6) is 1.38. The van der Waals surface area contributed by atoms with Crippen molar-refractivity contribution in [2.75, 3.05) is 19.5 Å². The highest BCUT2D eigenvalue weighted by atomic mass is 35.5. The highest BCUT2D eigenvalue weighted by molar-refractivity contribution is 6.32. The Hall–Kier alpha value is -2.73. The standard InChI is InChI=1S/C20H22ClN3O3/c1-13-15(21)8-6-9-16(13)22-20-23-19(25)18(27-3)12-24(20)11-14-7-4-5-10-17(14)26-2/h4-5,7-8,10,12H,6,9,11H2,1-3H3,(H,22,23,25). The molecule has 0 aliphatic heterocycles. The molecule has 0 unspecified atom stereocenters. The maximum absolute atomic E-state index is 12.2. The summed E-state index contributed by atoms with van der Waals surface area (Å²) in [6.45, 7) is 2.42. The number of anilines is 1. The van der Waals surface area contributed by atoms with Gasteiger partial charge in [0.25, 0.3) is 0 Å². The van der Waals surface area contributed by atoms with Gasteiger partial charge in [-0.3, -0.25) is 4.79 Å². The van der Waals surface area contributed by atoms with E-state index in [1.54, 1.807) is 13.3 Å². The number of hydrogen-bond donors (Lipinski definition) is 1. The zero-order valence-electron chi connectivity index (χ0n) is 15.6. The van der Waals surface area contributed by atoms with E-state index >= 15 is 0 Å². The van der Waals surface area contributed by atoms with Crippen molar-refractivity contribution in [3.05, 3.63) is 68.8 Å². The van der Waals surface area contributed by atoms with E-state index in [9.17, 15) is 4.79 Å². The number of allylic oxidation sites excluding steroid dienone is 4. The Morgan fingerprint density at radius 2 is 1.96 bits per heavy atom. The summed E-state index contributed by atoms with van der Waals surface area (Å²) < 4.78 is 12.4. The van der Waals surface area contributed by atoms with Gasteiger partial charge in [-0.05, 0) is 31.4 Å². The third-order valence-electron chi connectivity index (χ3n) is 4.51. The molecule has 1 aliphatic rings. The van der Waals surface area contributed by atoms with Gasteiger partial charge in [0, 0.05) is 16.3 Å². The molecule has 0 spiro atoms. The minimum absolute atomic E-state index is 0.183. The molecule has 1 heterocycles. The molecule has 0 atom stereocenters. The molecule has 6 nitrogen and oxygen atoms in total. The van der Waals surface area contributed by atoms with E-state index in [0.29, 0.717) is 12.5 Å². The molecule has 7 heteroatoms. The molecular weight excluding hydrogens is 366 g/mol. The molecule has 0 radical (unpaired) electrons. The Balaban J connectivity index is 2.03. The van der Waals surface area contributed by atoms with Crippen molar-refractivity contribution in [2.45, 2.75) is 26.3 Å². The molecule has 27 heavy (non-hydrogen) atoms. The van der Waals surface area contributed by atoms with Crippen LogP contribution < -0.4 is 20.3 Å². The zero-order chi connectivity index (χ0) is 19.4. The average Bonchev–Trinajstić information content (AvgIpc) is 2.67. The van der Waals surface area contributed by atoms with Gasteiger partial charge in [0.05, 0.1) is 27.0 Å². The molecule has 0 saturated heterocycles. The van der Waals surface area contributed by atoms with Crippen molar-refractivity contribution in [3.8, 4) is 11.5 Å². The minimum Gasteiger partial charge on any atom is -0.496 e. The van der Waals surface area contributed by atoms with Gasteiger partial charge < -0.3 is 19.4 Å². The quantitative estimate of drug-likeness (QED) is 0.814. The smallest absolute Gasteiger partial charge is 0.316 e. The molecule has 0 amide bonds. The van der Waals surface area contributed by atoms with Crippen LogP contribution in [0.3, 0.4) is 0 Å². The van der Waals surface area contributed by atoms with Gasteiger partial charge in [-0.1, -0.05) is 35.9 Å². The number of ether oxygens (including phenoxy) is 2. The second kappa shape index (κ2) is 8.31. The predicted octanol–water partition coefficient (Wildman–Crippen LogP) is 3.91. The zero-order valence-corrected chi connectivity index (χ0v) is 16.3. The summed E-state index contributed by atoms with van der Waals surface area (Å²) >= 11 is 6.25. The fraction of sp³-hybridized carbons (Fsp3) is 0.300. The first-order chi connectivity index (χ1) is 13.0. The van der Waals surface area contributed by atoms with Crippen LogP contribution in [0.15, 0.2) is 57.6 Å². The molecule has 1 aliphatic carbocycles. The Labute approximate surface area is 163 Å². The molecule has 1 N–H and O–H groups in total. The SMILES string of the molecule is COc1ccccc1Cn1cc(OC)c(=O)nc1NC1=C(C)C(Cl)=CCC1. The number of hydrogen-bond acceptors (Lipinski definition) is 5. The molecule has 1 aromatic carbocycles. The summed E-state index contributed by atoms with van der Waals surface area (Å²) in [4.78, 5) is 16.4. The van der Waals surface area contributed by atoms with Gasteiger partial charge in [-0.15, -0.1) is 0 Å². The third kappa shape index (κ3) is 4.17. The van der Waals surface area contributed by atoms with Crippen molar-refractivity contribution < 1.29 is 9.47 Å². The van der Waals surface area contributed by atoms with Crippen molar-refractivity contribution in [3.63, 3.8) is 0 Å². The number of para-hydroxylation sites is 1. The van der Waals surface area contributed by atoms with E-state index in [-0.39, 0.29) is 5.75 Å². The molecule has 0 saturated carbocycles. The van der Waals surface area contributed by atoms with Crippen LogP contribution in [-0.2, 0) is 6.54 Å². The Kier molecular flexibility index (Phi) is 5.86. The van der Waals surface area contributed by atoms with Gasteiger partial charge in [-0.2, -0.15) is 4.98 Å². The molecule has 142 valence electrons. The van der Waals surface area contributed by atoms with Crippen LogP contribution in [0.1, 0.15) is 25.3 Å². The number of aromatic nitrogens is 2. The molecule has 0 fully saturated rings. The summed E-state index contributed by atoms with van der Waals surface area (Å²) in [5, 5.41) is 4.01. The van der Waals surface area contributed by atoms with Crippen molar-refractivity contribution in [2.24, 2.45) is 0 Å². The summed E-state index contributed by atoms with van der Waals surface area (Å²) in [6.07, 6.45) is 5.29. The fourth-order valence-corrected chi connectivity index (χ4v) is 3.19. The van der Waals surface area contributed by atoms with E-state index < -0.39 is 5.56 Å². The largest absolute Gasteiger partial charge is 0.496 e. The minimum atomic E-state index is -0.424. The summed E-state index contributed by atoms with van der Waals surface area (Å²) in [5.41, 5.74) is 2.44. The average molecular weight is 388 g/mol. The maximum Gasteiger partial charge on any atom is 0.316 e. The van der Waals surface area contributed by atoms with Gasteiger partial charge in [0.1, 0.15) is 5.75 Å². The molecule has 1 aromatic heterocycles. The van der Waals surface area contributed by atoms with E-state index in [4.69, 9.17) is 21.1 Å². The van der Waals surface area contributed by atoms with E-state index in [1.807, 2.05) is 41.8 Å². The van der Waals surface area contributed by atoms with Crippen LogP contribution in [0.25, 0.3) is 0 Å². The van der Waals surface area contributed by atoms with Gasteiger partial charge in [-0.25, -0.2) is 0 Å². The van der Waals surface area contributed by atoms with E-state index in [2.05, 4.69) is 10.3 Å². The van der Waals surface area contributed by atoms with Crippen LogP contribution in [-0.4, -0.2) is 23.8 Å². The lowest BCUT2D eigenvalue weighted by atomic mass is 10.0. The number of benzene rings is 1. The Bertz CT molecular complexity index is 963. The van der Waals surface area contributed by atoms with Crippen LogP contribution in [0.2, 0.25) is 0 Å². The lowest BCUT2D eigenvalue weighted by Gasteiger charge is -2.21. The molecule has 3 rings (SSSR count). The Morgan fingerprint density at radius 1 is 1.22 bits per heavy atom. The second-order valence-electron chi connectivity index (χ2n) is 6.20. The van der Waals surface area contributed by atoms with Crippen LogP contribution >= 0.6 is 11.6 Å². The molecule has 2 aromatic rings. The first-order valence-corrected chi connectivity index (χ1v) is 9.01. The number of nitrogens with one attached hydrogen (secondary N) is 1. The van der Waals surface area contributed by atoms with Crippen molar-refractivity contribution >= 4 is 17.5 Å². The lowest BCUT2D eigenvalue weighted by Crippen LogP contribution is -2.21. The fourth-order valence-electron chi connectivity index (χ4n) is 2.97. The van der Waals surface area contributed by atoms with Crippen LogP contribution in [0, 0.1) is 0 Å². The molecular formula is C20H22ClN3O3. The lowest BCUT2D eigenvalue weighted by molar-refractivity contribution is 0.399. The first kappa shape index (κ1) is 19.0. The summed E-state index contributed by atoms with van der Waals surface area (Å²) in [7, 11) is 3.09. The van der Waals surface area contributed by atoms with Crippen molar-refractivity contribution in [1.82, 2.24) is 9.55 Å². The van der Waals surface area contributed by atoms with Crippen molar-refractivity contribution in [1.29, 1.82) is 0 Å². The van der Waals surface area contributed by atoms with Gasteiger partial charge >= 0.3 is 5.56 Å². The van der Waals surface area contributed by atoms with E-state index in [1.165, 1.54) is 7.11 Å². The number of rotatable bonds is 6. The number of methoxy groups -OCH3 is 2. The number of nitrogens with zero attached hydrogens (tertiary/aromatic N) is 2. The first-order valence-electron chi connectivity index (χ1n) is 8.63. The van der Waals surface area contributed by atoms with Gasteiger partial charge in [0.2, 0.25) is 11.7 Å². The predicted molar refractivity (Wildman–Crippen MR) is 107 cm³/mol. The highest BCUT2D eigenvalue weighted by Crippen LogP contribution is 2.28. The maximum atomic E-state index is 12.2. The number of halogens is 1. The van der Waals surface area contributed by atoms with Gasteiger partial charge in [0.15, 0.2) is 0 Å². The Morgan fingerprint density at radius 3 is 2.70 bits per heavy atom. The van der Waals surface area contributed by atoms with E-state index in [0.717, 1.165) is 40.5 Å². The third-order valence-corrected chi connectivity index (χ3v) is 4.95. The highest BCUT2D eigenvalue weighted by Gasteiger charge is 2.16. The van der Waals surface area contributed by atoms with Crippen LogP contribution in [0.5, 0.6) is 11.5 Å². The topological polar surface area (TPSA) is 65.4 Å². The molecule has 0 bridgehead atoms. The normalized spacial score (nSPS) is 14.0. The summed E-state index contributed by atoms with van der Waals surface area (Å²) in [6, 6.07) is 7.72. The van der Waals surface area contributed by atoms with Crippen LogP contribution in [0.4, 0.5) is 5.95 Å².